The van der Waals surface area contributed by atoms with Gasteiger partial charge in [0.1, 0.15) is 11.4 Å². The Balaban J connectivity index is 1.52. The van der Waals surface area contributed by atoms with Gasteiger partial charge >= 0.3 is 0 Å². The molecule has 3 heterocycles. The number of carbonyl (C=O) groups is 2. The zero-order chi connectivity index (χ0) is 22.1. The molecule has 0 aliphatic heterocycles. The largest absolute Gasteiger partial charge is 0.318 e. The molecule has 0 radical (unpaired) electrons. The van der Waals surface area contributed by atoms with E-state index in [0.29, 0.717) is 11.4 Å². The van der Waals surface area contributed by atoms with E-state index in [-0.39, 0.29) is 17.1 Å². The molecule has 0 saturated heterocycles. The number of aromatic nitrogens is 6. The maximum Gasteiger partial charge on any atom is 0.276 e. The van der Waals surface area contributed by atoms with E-state index in [1.807, 2.05) is 38.1 Å². The Morgan fingerprint density at radius 3 is 2.23 bits per heavy atom. The molecule has 4 aromatic rings. The number of aryl methyl sites for hydroxylation is 3. The van der Waals surface area contributed by atoms with Gasteiger partial charge in [0.05, 0.1) is 35.2 Å². The summed E-state index contributed by atoms with van der Waals surface area (Å²) in [5.41, 5.74) is 4.86. The Hall–Kier alpha value is -4.21. The fourth-order valence-corrected chi connectivity index (χ4v) is 3.10. The van der Waals surface area contributed by atoms with Gasteiger partial charge in [0.2, 0.25) is 0 Å². The molecule has 1 aromatic carbocycles. The summed E-state index contributed by atoms with van der Waals surface area (Å²) >= 11 is 0. The molecule has 0 atom stereocenters. The van der Waals surface area contributed by atoms with E-state index >= 15 is 0 Å². The lowest BCUT2D eigenvalue weighted by molar-refractivity contribution is 0.101. The summed E-state index contributed by atoms with van der Waals surface area (Å²) in [6.07, 6.45) is 3.00. The lowest BCUT2D eigenvalue weighted by Gasteiger charge is -2.08. The number of rotatable bonds is 5. The first-order valence-electron chi connectivity index (χ1n) is 9.59. The average Bonchev–Trinajstić information content (AvgIpc) is 3.45. The predicted molar refractivity (Wildman–Crippen MR) is 116 cm³/mol. The molecule has 0 unspecified atom stereocenters. The number of nitrogens with one attached hydrogen (secondary N) is 3. The van der Waals surface area contributed by atoms with Crippen molar-refractivity contribution in [3.05, 3.63) is 65.4 Å². The fourth-order valence-electron chi connectivity index (χ4n) is 3.10. The molecule has 0 bridgehead atoms. The van der Waals surface area contributed by atoms with Crippen molar-refractivity contribution in [3.8, 4) is 11.3 Å². The Kier molecular flexibility index (Phi) is 5.12. The van der Waals surface area contributed by atoms with E-state index in [0.717, 1.165) is 16.8 Å². The van der Waals surface area contributed by atoms with Gasteiger partial charge in [-0.2, -0.15) is 15.3 Å². The van der Waals surface area contributed by atoms with Crippen molar-refractivity contribution < 1.29 is 9.59 Å². The molecule has 2 amide bonds. The standard InChI is InChI=1S/C21H22N8O2/c1-12-5-7-14(8-6-12)15-9-16(27-26-15)20(30)25-18-11-23-29(4)19(18)21(31)24-17-10-22-28(3)13(17)2/h5-11H,1-4H3,(H,24,31)(H,25,30)(H,26,27). The second-order valence-corrected chi connectivity index (χ2v) is 7.24. The molecule has 0 aliphatic rings. The van der Waals surface area contributed by atoms with Crippen LogP contribution in [0, 0.1) is 13.8 Å². The summed E-state index contributed by atoms with van der Waals surface area (Å²) in [5.74, 6) is -0.832. The lowest BCUT2D eigenvalue weighted by atomic mass is 10.1. The number of aromatic amines is 1. The van der Waals surface area contributed by atoms with Gasteiger partial charge in [0.25, 0.3) is 11.8 Å². The van der Waals surface area contributed by atoms with Crippen LogP contribution in [-0.2, 0) is 14.1 Å². The van der Waals surface area contributed by atoms with Crippen molar-refractivity contribution in [1.29, 1.82) is 0 Å². The van der Waals surface area contributed by atoms with Gasteiger partial charge in [0.15, 0.2) is 0 Å². The van der Waals surface area contributed by atoms with Gasteiger partial charge in [-0.3, -0.25) is 24.1 Å². The van der Waals surface area contributed by atoms with Gasteiger partial charge in [0, 0.05) is 19.7 Å². The molecule has 10 nitrogen and oxygen atoms in total. The second-order valence-electron chi connectivity index (χ2n) is 7.24. The quantitative estimate of drug-likeness (QED) is 0.460. The van der Waals surface area contributed by atoms with Crippen molar-refractivity contribution in [3.63, 3.8) is 0 Å². The van der Waals surface area contributed by atoms with Gasteiger partial charge in [-0.15, -0.1) is 0 Å². The summed E-state index contributed by atoms with van der Waals surface area (Å²) in [5, 5.41) is 20.7. The van der Waals surface area contributed by atoms with Crippen LogP contribution in [0.1, 0.15) is 32.2 Å². The van der Waals surface area contributed by atoms with Crippen molar-refractivity contribution in [2.75, 3.05) is 10.6 Å². The van der Waals surface area contributed by atoms with Crippen LogP contribution in [0.5, 0.6) is 0 Å². The third kappa shape index (κ3) is 3.95. The first-order valence-corrected chi connectivity index (χ1v) is 9.59. The van der Waals surface area contributed by atoms with Gasteiger partial charge < -0.3 is 10.6 Å². The van der Waals surface area contributed by atoms with Crippen LogP contribution in [0.2, 0.25) is 0 Å². The number of nitrogens with zero attached hydrogens (tertiary/aromatic N) is 5. The number of anilines is 2. The number of benzene rings is 1. The molecular weight excluding hydrogens is 396 g/mol. The van der Waals surface area contributed by atoms with Crippen LogP contribution in [0.15, 0.2) is 42.7 Å². The normalized spacial score (nSPS) is 10.8. The lowest BCUT2D eigenvalue weighted by Crippen LogP contribution is -2.20. The first-order chi connectivity index (χ1) is 14.8. The van der Waals surface area contributed by atoms with E-state index in [4.69, 9.17) is 0 Å². The molecular formula is C21H22N8O2. The number of amides is 2. The highest BCUT2D eigenvalue weighted by Gasteiger charge is 2.21. The Morgan fingerprint density at radius 1 is 0.903 bits per heavy atom. The third-order valence-corrected chi connectivity index (χ3v) is 5.06. The Labute approximate surface area is 178 Å². The van der Waals surface area contributed by atoms with E-state index in [2.05, 4.69) is 31.0 Å². The van der Waals surface area contributed by atoms with Crippen molar-refractivity contribution >= 4 is 23.2 Å². The number of carbonyl (C=O) groups excluding carboxylic acids is 2. The molecule has 0 fully saturated rings. The van der Waals surface area contributed by atoms with Crippen LogP contribution < -0.4 is 10.6 Å². The van der Waals surface area contributed by atoms with Crippen LogP contribution in [0.4, 0.5) is 11.4 Å². The highest BCUT2D eigenvalue weighted by Crippen LogP contribution is 2.21. The minimum atomic E-state index is -0.425. The van der Waals surface area contributed by atoms with Crippen LogP contribution in [-0.4, -0.2) is 41.6 Å². The molecule has 4 rings (SSSR count). The molecule has 0 spiro atoms. The first kappa shape index (κ1) is 20.1. The molecule has 3 aromatic heterocycles. The maximum atomic E-state index is 12.8. The van der Waals surface area contributed by atoms with E-state index < -0.39 is 11.8 Å². The predicted octanol–water partition coefficient (Wildman–Crippen LogP) is 2.67. The SMILES string of the molecule is Cc1ccc(-c2cc(C(=O)Nc3cnn(C)c3C(=O)Nc3cnn(C)c3C)[nH]n2)cc1. The maximum absolute atomic E-state index is 12.8. The molecule has 10 heteroatoms. The second kappa shape index (κ2) is 7.90. The van der Waals surface area contributed by atoms with Gasteiger partial charge in [-0.1, -0.05) is 29.8 Å². The molecule has 158 valence electrons. The summed E-state index contributed by atoms with van der Waals surface area (Å²) in [4.78, 5) is 25.6. The third-order valence-electron chi connectivity index (χ3n) is 5.06. The summed E-state index contributed by atoms with van der Waals surface area (Å²) in [6.45, 7) is 3.85. The monoisotopic (exact) mass is 418 g/mol. The van der Waals surface area contributed by atoms with Crippen molar-refractivity contribution in [2.45, 2.75) is 13.8 Å². The van der Waals surface area contributed by atoms with E-state index in [1.165, 1.54) is 10.9 Å². The molecule has 0 saturated carbocycles. The molecule has 31 heavy (non-hydrogen) atoms. The summed E-state index contributed by atoms with van der Waals surface area (Å²) in [7, 11) is 3.42. The smallest absolute Gasteiger partial charge is 0.276 e. The van der Waals surface area contributed by atoms with E-state index in [9.17, 15) is 9.59 Å². The number of H-pyrrole nitrogens is 1. The molecule has 3 N–H and O–H groups in total. The Bertz CT molecular complexity index is 1260. The Morgan fingerprint density at radius 2 is 1.55 bits per heavy atom. The summed E-state index contributed by atoms with van der Waals surface area (Å²) in [6, 6.07) is 9.51. The van der Waals surface area contributed by atoms with Crippen LogP contribution >= 0.6 is 0 Å². The van der Waals surface area contributed by atoms with Crippen LogP contribution in [0.3, 0.4) is 0 Å². The number of hydrogen-bond donors (Lipinski definition) is 3. The minimum absolute atomic E-state index is 0.217. The topological polar surface area (TPSA) is 123 Å². The van der Waals surface area contributed by atoms with Gasteiger partial charge in [-0.25, -0.2) is 0 Å². The number of hydrogen-bond acceptors (Lipinski definition) is 5. The van der Waals surface area contributed by atoms with Crippen molar-refractivity contribution in [1.82, 2.24) is 29.8 Å². The average molecular weight is 418 g/mol. The molecule has 0 aliphatic carbocycles. The van der Waals surface area contributed by atoms with Crippen LogP contribution in [0.25, 0.3) is 11.3 Å². The van der Waals surface area contributed by atoms with Crippen molar-refractivity contribution in [2.24, 2.45) is 14.1 Å². The minimum Gasteiger partial charge on any atom is -0.318 e. The summed E-state index contributed by atoms with van der Waals surface area (Å²) < 4.78 is 3.06. The fraction of sp³-hybridized carbons (Fsp3) is 0.190. The highest BCUT2D eigenvalue weighted by atomic mass is 16.2. The zero-order valence-electron chi connectivity index (χ0n) is 17.6. The van der Waals surface area contributed by atoms with E-state index in [1.54, 1.807) is 31.0 Å². The zero-order valence-corrected chi connectivity index (χ0v) is 17.6. The highest BCUT2D eigenvalue weighted by molar-refractivity contribution is 6.11. The van der Waals surface area contributed by atoms with Gasteiger partial charge in [-0.05, 0) is 19.9 Å².